The van der Waals surface area contributed by atoms with Gasteiger partial charge in [0.1, 0.15) is 6.07 Å². The summed E-state index contributed by atoms with van der Waals surface area (Å²) < 4.78 is 1.53. The molecule has 0 saturated heterocycles. The molecule has 0 saturated carbocycles. The van der Waals surface area contributed by atoms with Gasteiger partial charge >= 0.3 is 5.69 Å². The molecular weight excluding hydrogens is 374 g/mol. The lowest BCUT2D eigenvalue weighted by atomic mass is 10.1. The number of para-hydroxylation sites is 1. The first kappa shape index (κ1) is 19.5. The highest BCUT2D eigenvalue weighted by Crippen LogP contribution is 2.22. The van der Waals surface area contributed by atoms with Crippen LogP contribution in [0.15, 0.2) is 64.5 Å². The summed E-state index contributed by atoms with van der Waals surface area (Å²) in [5.74, 6) is -0.266. The van der Waals surface area contributed by atoms with Crippen LogP contribution in [0.3, 0.4) is 0 Å². The van der Waals surface area contributed by atoms with Crippen molar-refractivity contribution in [3.63, 3.8) is 0 Å². The average molecular weight is 393 g/mol. The molecule has 0 unspecified atom stereocenters. The molecule has 3 aromatic rings. The number of amides is 1. The average Bonchev–Trinajstić information content (AvgIpc) is 3.06. The smallest absolute Gasteiger partial charge is 0.324 e. The first-order valence-electron chi connectivity index (χ1n) is 8.74. The van der Waals surface area contributed by atoms with E-state index >= 15 is 0 Å². The summed E-state index contributed by atoms with van der Waals surface area (Å²) in [6, 6.07) is 18.7. The molecule has 0 aliphatic carbocycles. The molecule has 1 atom stereocenters. The van der Waals surface area contributed by atoms with Crippen molar-refractivity contribution < 1.29 is 4.79 Å². The van der Waals surface area contributed by atoms with Gasteiger partial charge in [-0.15, -0.1) is 5.10 Å². The van der Waals surface area contributed by atoms with E-state index in [0.29, 0.717) is 29.4 Å². The van der Waals surface area contributed by atoms with Crippen molar-refractivity contribution in [2.45, 2.75) is 30.3 Å². The minimum atomic E-state index is -0.502. The van der Waals surface area contributed by atoms with Crippen LogP contribution in [0.5, 0.6) is 0 Å². The number of rotatable bonds is 7. The van der Waals surface area contributed by atoms with E-state index in [0.717, 1.165) is 5.56 Å². The van der Waals surface area contributed by atoms with Crippen LogP contribution in [0, 0.1) is 11.3 Å². The third-order valence-corrected chi connectivity index (χ3v) is 5.24. The number of thioether (sulfide) groups is 1. The van der Waals surface area contributed by atoms with Gasteiger partial charge in [0.15, 0.2) is 5.16 Å². The van der Waals surface area contributed by atoms with Gasteiger partial charge in [-0.25, -0.2) is 9.89 Å². The lowest BCUT2D eigenvalue weighted by Gasteiger charge is -2.13. The molecule has 7 nitrogen and oxygen atoms in total. The number of hydrogen-bond acceptors (Lipinski definition) is 5. The van der Waals surface area contributed by atoms with Crippen LogP contribution < -0.4 is 11.0 Å². The van der Waals surface area contributed by atoms with Crippen LogP contribution in [-0.4, -0.2) is 25.9 Å². The van der Waals surface area contributed by atoms with Crippen LogP contribution in [0.2, 0.25) is 0 Å². The Morgan fingerprint density at radius 2 is 1.96 bits per heavy atom. The second kappa shape index (κ2) is 9.06. The fourth-order valence-electron chi connectivity index (χ4n) is 2.61. The number of nitrogens with zero attached hydrogens (tertiary/aromatic N) is 3. The van der Waals surface area contributed by atoms with Gasteiger partial charge in [0.05, 0.1) is 16.5 Å². The fourth-order valence-corrected chi connectivity index (χ4v) is 3.49. The molecule has 0 bridgehead atoms. The molecule has 142 valence electrons. The third-order valence-electron chi connectivity index (χ3n) is 4.15. The molecule has 28 heavy (non-hydrogen) atoms. The summed E-state index contributed by atoms with van der Waals surface area (Å²) in [5, 5.41) is 18.3. The summed E-state index contributed by atoms with van der Waals surface area (Å²) in [7, 11) is 0. The Labute approximate surface area is 166 Å². The van der Waals surface area contributed by atoms with Gasteiger partial charge in [-0.1, -0.05) is 54.2 Å². The molecular formula is C20H19N5O2S. The van der Waals surface area contributed by atoms with E-state index in [4.69, 9.17) is 5.26 Å². The molecule has 1 amide bonds. The summed E-state index contributed by atoms with van der Waals surface area (Å²) in [6.45, 7) is 2.20. The number of hydrogen-bond donors (Lipinski definition) is 2. The first-order chi connectivity index (χ1) is 13.6. The number of aromatic nitrogens is 3. The standard InChI is InChI=1S/C20H19N5O2S/c1-14(18(26)22-17-10-6-5-9-16(17)13-21)28-20-24-23-19(27)25(20)12-11-15-7-3-2-4-8-15/h2-10,14H,11-12H2,1H3,(H,22,26)(H,23,27)/t14-/m1/s1. The minimum absolute atomic E-state index is 0.266. The maximum atomic E-state index is 12.5. The van der Waals surface area contributed by atoms with E-state index in [9.17, 15) is 9.59 Å². The SMILES string of the molecule is C[C@@H](Sc1n[nH]c(=O)n1CCc1ccccc1)C(=O)Nc1ccccc1C#N. The number of H-pyrrole nitrogens is 1. The van der Waals surface area contributed by atoms with Crippen LogP contribution in [0.25, 0.3) is 0 Å². The van der Waals surface area contributed by atoms with Crippen LogP contribution in [-0.2, 0) is 17.8 Å². The number of aromatic amines is 1. The first-order valence-corrected chi connectivity index (χ1v) is 9.62. The van der Waals surface area contributed by atoms with Gasteiger partial charge in [0.25, 0.3) is 0 Å². The van der Waals surface area contributed by atoms with Crippen LogP contribution in [0.1, 0.15) is 18.1 Å². The lowest BCUT2D eigenvalue weighted by molar-refractivity contribution is -0.115. The molecule has 0 fully saturated rings. The van der Waals surface area contributed by atoms with E-state index in [-0.39, 0.29) is 11.6 Å². The van der Waals surface area contributed by atoms with Gasteiger partial charge in [0, 0.05) is 6.54 Å². The van der Waals surface area contributed by atoms with Gasteiger partial charge in [-0.3, -0.25) is 9.36 Å². The van der Waals surface area contributed by atoms with Crippen LogP contribution >= 0.6 is 11.8 Å². The lowest BCUT2D eigenvalue weighted by Crippen LogP contribution is -2.24. The molecule has 0 aliphatic heterocycles. The Morgan fingerprint density at radius 3 is 2.71 bits per heavy atom. The quantitative estimate of drug-likeness (QED) is 0.601. The maximum absolute atomic E-state index is 12.5. The van der Waals surface area contributed by atoms with Crippen molar-refractivity contribution >= 4 is 23.4 Å². The molecule has 0 spiro atoms. The molecule has 0 aliphatic rings. The minimum Gasteiger partial charge on any atom is -0.324 e. The largest absolute Gasteiger partial charge is 0.343 e. The highest BCUT2D eigenvalue weighted by Gasteiger charge is 2.20. The van der Waals surface area contributed by atoms with Crippen LogP contribution in [0.4, 0.5) is 5.69 Å². The van der Waals surface area contributed by atoms with Gasteiger partial charge in [-0.05, 0) is 31.0 Å². The van der Waals surface area contributed by atoms with Gasteiger partial charge in [0.2, 0.25) is 5.91 Å². The number of anilines is 1. The predicted molar refractivity (Wildman–Crippen MR) is 108 cm³/mol. The topological polar surface area (TPSA) is 104 Å². The number of carbonyl (C=O) groups is 1. The number of aryl methyl sites for hydroxylation is 1. The van der Waals surface area contributed by atoms with Crippen molar-refractivity contribution in [2.24, 2.45) is 0 Å². The van der Waals surface area contributed by atoms with Crippen molar-refractivity contribution in [3.05, 3.63) is 76.2 Å². The zero-order chi connectivity index (χ0) is 19.9. The molecule has 1 heterocycles. The van der Waals surface area contributed by atoms with E-state index in [1.54, 1.807) is 31.2 Å². The zero-order valence-electron chi connectivity index (χ0n) is 15.3. The van der Waals surface area contributed by atoms with Gasteiger partial charge in [-0.2, -0.15) is 5.26 Å². The number of nitriles is 1. The maximum Gasteiger partial charge on any atom is 0.343 e. The molecule has 2 aromatic carbocycles. The molecule has 3 rings (SSSR count). The van der Waals surface area contributed by atoms with E-state index in [1.165, 1.54) is 16.3 Å². The fraction of sp³-hybridized carbons (Fsp3) is 0.200. The highest BCUT2D eigenvalue weighted by molar-refractivity contribution is 8.00. The molecule has 1 aromatic heterocycles. The summed E-state index contributed by atoms with van der Waals surface area (Å²) in [5.41, 5.74) is 1.67. The second-order valence-corrected chi connectivity index (χ2v) is 7.41. The summed E-state index contributed by atoms with van der Waals surface area (Å²) in [4.78, 5) is 24.6. The Bertz CT molecular complexity index is 1050. The Kier molecular flexibility index (Phi) is 6.29. The third kappa shape index (κ3) is 4.69. The van der Waals surface area contributed by atoms with Gasteiger partial charge < -0.3 is 5.32 Å². The monoisotopic (exact) mass is 393 g/mol. The van der Waals surface area contributed by atoms with Crippen molar-refractivity contribution in [1.29, 1.82) is 5.26 Å². The summed E-state index contributed by atoms with van der Waals surface area (Å²) >= 11 is 1.19. The molecule has 8 heteroatoms. The van der Waals surface area contributed by atoms with Crippen molar-refractivity contribution in [3.8, 4) is 6.07 Å². The number of carbonyl (C=O) groups excluding carboxylic acids is 1. The summed E-state index contributed by atoms with van der Waals surface area (Å²) in [6.07, 6.45) is 0.684. The Morgan fingerprint density at radius 1 is 1.25 bits per heavy atom. The van der Waals surface area contributed by atoms with Crippen molar-refractivity contribution in [2.75, 3.05) is 5.32 Å². The Hall–Kier alpha value is -3.31. The van der Waals surface area contributed by atoms with E-state index in [2.05, 4.69) is 15.5 Å². The zero-order valence-corrected chi connectivity index (χ0v) is 16.1. The highest BCUT2D eigenvalue weighted by atomic mass is 32.2. The Balaban J connectivity index is 1.67. The van der Waals surface area contributed by atoms with E-state index < -0.39 is 5.25 Å². The normalized spacial score (nSPS) is 11.6. The van der Waals surface area contributed by atoms with E-state index in [1.807, 2.05) is 36.4 Å². The number of benzene rings is 2. The molecule has 0 radical (unpaired) electrons. The predicted octanol–water partition coefficient (Wildman–Crippen LogP) is 2.81. The number of nitrogens with one attached hydrogen (secondary N) is 2. The second-order valence-electron chi connectivity index (χ2n) is 6.11. The van der Waals surface area contributed by atoms with Crippen molar-refractivity contribution in [1.82, 2.24) is 14.8 Å². The molecule has 2 N–H and O–H groups in total.